The van der Waals surface area contributed by atoms with Crippen LogP contribution in [0, 0.1) is 5.82 Å². The molecule has 0 spiro atoms. The average molecular weight is 349 g/mol. The van der Waals surface area contributed by atoms with Gasteiger partial charge in [0.05, 0.1) is 6.10 Å². The largest absolute Gasteiger partial charge is 0.376 e. The molecule has 0 aromatic heterocycles. The summed E-state index contributed by atoms with van der Waals surface area (Å²) in [4.78, 5) is 27.6. The Morgan fingerprint density at radius 3 is 2.84 bits per heavy atom. The molecule has 2 fully saturated rings. The molecule has 0 saturated carbocycles. The summed E-state index contributed by atoms with van der Waals surface area (Å²) in [5.74, 6) is -0.485. The van der Waals surface area contributed by atoms with E-state index >= 15 is 0 Å². The molecule has 136 valence electrons. The van der Waals surface area contributed by atoms with Crippen LogP contribution in [0.1, 0.15) is 24.8 Å². The SMILES string of the molecule is O=C1CN(C(=O)NCC2CCCCO2)CCN1Cc1ccccc1F. The lowest BCUT2D eigenvalue weighted by molar-refractivity contribution is -0.135. The smallest absolute Gasteiger partial charge is 0.318 e. The fourth-order valence-electron chi connectivity index (χ4n) is 3.16. The van der Waals surface area contributed by atoms with Gasteiger partial charge in [0.1, 0.15) is 12.4 Å². The number of amides is 3. The molecule has 2 saturated heterocycles. The van der Waals surface area contributed by atoms with Crippen molar-refractivity contribution in [3.05, 3.63) is 35.6 Å². The van der Waals surface area contributed by atoms with E-state index in [0.717, 1.165) is 25.9 Å². The zero-order valence-corrected chi connectivity index (χ0v) is 14.2. The maximum absolute atomic E-state index is 13.7. The van der Waals surface area contributed by atoms with Crippen LogP contribution < -0.4 is 5.32 Å². The zero-order chi connectivity index (χ0) is 17.6. The van der Waals surface area contributed by atoms with Gasteiger partial charge in [0.25, 0.3) is 0 Å². The Bertz CT molecular complexity index is 619. The Balaban J connectivity index is 1.46. The van der Waals surface area contributed by atoms with Gasteiger partial charge in [0, 0.05) is 38.3 Å². The van der Waals surface area contributed by atoms with E-state index in [4.69, 9.17) is 4.74 Å². The molecule has 7 heteroatoms. The predicted octanol–water partition coefficient (Wildman–Crippen LogP) is 1.75. The molecular formula is C18H24FN3O3. The van der Waals surface area contributed by atoms with Crippen LogP contribution in [0.25, 0.3) is 0 Å². The average Bonchev–Trinajstić information content (AvgIpc) is 2.64. The van der Waals surface area contributed by atoms with Crippen LogP contribution >= 0.6 is 0 Å². The minimum Gasteiger partial charge on any atom is -0.376 e. The Hall–Kier alpha value is -2.15. The van der Waals surface area contributed by atoms with Gasteiger partial charge < -0.3 is 19.9 Å². The minimum atomic E-state index is -0.317. The summed E-state index contributed by atoms with van der Waals surface area (Å²) in [7, 11) is 0. The molecule has 2 aliphatic rings. The highest BCUT2D eigenvalue weighted by atomic mass is 19.1. The second kappa shape index (κ2) is 8.29. The lowest BCUT2D eigenvalue weighted by Gasteiger charge is -2.34. The van der Waals surface area contributed by atoms with Crippen LogP contribution in [-0.4, -0.2) is 60.6 Å². The van der Waals surface area contributed by atoms with Gasteiger partial charge in [0.2, 0.25) is 5.91 Å². The molecule has 0 radical (unpaired) electrons. The topological polar surface area (TPSA) is 61.9 Å². The highest BCUT2D eigenvalue weighted by Gasteiger charge is 2.28. The Labute approximate surface area is 146 Å². The number of nitrogens with one attached hydrogen (secondary N) is 1. The molecule has 1 aromatic carbocycles. The summed E-state index contributed by atoms with van der Waals surface area (Å²) < 4.78 is 19.3. The number of carbonyl (C=O) groups excluding carboxylic acids is 2. The molecule has 0 aliphatic carbocycles. The maximum Gasteiger partial charge on any atom is 0.318 e. The van der Waals surface area contributed by atoms with Crippen LogP contribution in [0.3, 0.4) is 0 Å². The molecule has 1 aromatic rings. The van der Waals surface area contributed by atoms with E-state index < -0.39 is 0 Å². The minimum absolute atomic E-state index is 0.0197. The van der Waals surface area contributed by atoms with Crippen molar-refractivity contribution in [2.75, 3.05) is 32.8 Å². The van der Waals surface area contributed by atoms with Crippen molar-refractivity contribution in [1.82, 2.24) is 15.1 Å². The van der Waals surface area contributed by atoms with Crippen molar-refractivity contribution >= 4 is 11.9 Å². The first-order valence-electron chi connectivity index (χ1n) is 8.79. The van der Waals surface area contributed by atoms with E-state index in [2.05, 4.69) is 5.32 Å². The molecule has 25 heavy (non-hydrogen) atoms. The third-order valence-corrected chi connectivity index (χ3v) is 4.68. The summed E-state index contributed by atoms with van der Waals surface area (Å²) in [5.41, 5.74) is 0.489. The maximum atomic E-state index is 13.7. The van der Waals surface area contributed by atoms with Crippen molar-refractivity contribution in [2.45, 2.75) is 31.9 Å². The van der Waals surface area contributed by atoms with Crippen molar-refractivity contribution in [3.8, 4) is 0 Å². The molecule has 1 atom stereocenters. The van der Waals surface area contributed by atoms with Gasteiger partial charge in [-0.05, 0) is 25.3 Å². The lowest BCUT2D eigenvalue weighted by Crippen LogP contribution is -2.55. The van der Waals surface area contributed by atoms with E-state index in [1.54, 1.807) is 23.1 Å². The van der Waals surface area contributed by atoms with Gasteiger partial charge in [-0.25, -0.2) is 9.18 Å². The number of hydrogen-bond acceptors (Lipinski definition) is 3. The first kappa shape index (κ1) is 17.7. The van der Waals surface area contributed by atoms with E-state index in [-0.39, 0.29) is 36.9 Å². The molecule has 1 N–H and O–H groups in total. The van der Waals surface area contributed by atoms with E-state index in [9.17, 15) is 14.0 Å². The molecular weight excluding hydrogens is 325 g/mol. The number of benzene rings is 1. The second-order valence-electron chi connectivity index (χ2n) is 6.50. The lowest BCUT2D eigenvalue weighted by atomic mass is 10.1. The Kier molecular flexibility index (Phi) is 5.86. The molecule has 6 nitrogen and oxygen atoms in total. The van der Waals surface area contributed by atoms with Gasteiger partial charge >= 0.3 is 6.03 Å². The fraction of sp³-hybridized carbons (Fsp3) is 0.556. The van der Waals surface area contributed by atoms with Crippen molar-refractivity contribution < 1.29 is 18.7 Å². The van der Waals surface area contributed by atoms with Crippen LogP contribution in [0.5, 0.6) is 0 Å². The van der Waals surface area contributed by atoms with Gasteiger partial charge in [0.15, 0.2) is 0 Å². The summed E-state index contributed by atoms with van der Waals surface area (Å²) in [6.45, 7) is 2.32. The van der Waals surface area contributed by atoms with Gasteiger partial charge in [-0.15, -0.1) is 0 Å². The molecule has 0 bridgehead atoms. The number of ether oxygens (including phenoxy) is 1. The van der Waals surface area contributed by atoms with Crippen LogP contribution in [-0.2, 0) is 16.1 Å². The zero-order valence-electron chi connectivity index (χ0n) is 14.2. The van der Waals surface area contributed by atoms with Crippen LogP contribution in [0.2, 0.25) is 0 Å². The molecule has 1 unspecified atom stereocenters. The fourth-order valence-corrected chi connectivity index (χ4v) is 3.16. The number of halogens is 1. The standard InChI is InChI=1S/C18H24FN3O3/c19-16-7-2-1-5-14(16)12-21-8-9-22(13-17(21)23)18(24)20-11-15-6-3-4-10-25-15/h1-2,5,7,15H,3-4,6,8-13H2,(H,20,24). The van der Waals surface area contributed by atoms with Crippen molar-refractivity contribution in [1.29, 1.82) is 0 Å². The van der Waals surface area contributed by atoms with Crippen molar-refractivity contribution in [2.24, 2.45) is 0 Å². The summed E-state index contributed by atoms with van der Waals surface area (Å²) in [5, 5.41) is 2.85. The predicted molar refractivity (Wildman–Crippen MR) is 90.4 cm³/mol. The third kappa shape index (κ3) is 4.69. The quantitative estimate of drug-likeness (QED) is 0.901. The first-order valence-corrected chi connectivity index (χ1v) is 8.79. The van der Waals surface area contributed by atoms with Gasteiger partial charge in [-0.2, -0.15) is 0 Å². The number of nitrogens with zero attached hydrogens (tertiary/aromatic N) is 2. The van der Waals surface area contributed by atoms with E-state index in [0.29, 0.717) is 25.2 Å². The monoisotopic (exact) mass is 349 g/mol. The van der Waals surface area contributed by atoms with Crippen molar-refractivity contribution in [3.63, 3.8) is 0 Å². The Morgan fingerprint density at radius 2 is 2.12 bits per heavy atom. The molecule has 3 rings (SSSR count). The molecule has 2 heterocycles. The number of rotatable bonds is 4. The van der Waals surface area contributed by atoms with E-state index in [1.807, 2.05) is 0 Å². The number of urea groups is 1. The van der Waals surface area contributed by atoms with Crippen LogP contribution in [0.15, 0.2) is 24.3 Å². The molecule has 2 aliphatic heterocycles. The summed E-state index contributed by atoms with van der Waals surface area (Å²) in [6.07, 6.45) is 3.21. The Morgan fingerprint density at radius 1 is 1.28 bits per heavy atom. The highest BCUT2D eigenvalue weighted by molar-refractivity contribution is 5.85. The van der Waals surface area contributed by atoms with Gasteiger partial charge in [-0.1, -0.05) is 18.2 Å². The number of hydrogen-bond donors (Lipinski definition) is 1. The number of piperazine rings is 1. The highest BCUT2D eigenvalue weighted by Crippen LogP contribution is 2.14. The molecule has 3 amide bonds. The normalized spacial score (nSPS) is 21.3. The first-order chi connectivity index (χ1) is 12.1. The van der Waals surface area contributed by atoms with E-state index in [1.165, 1.54) is 11.0 Å². The number of carbonyl (C=O) groups is 2. The summed E-state index contributed by atoms with van der Waals surface area (Å²) >= 11 is 0. The third-order valence-electron chi connectivity index (χ3n) is 4.68. The summed E-state index contributed by atoms with van der Waals surface area (Å²) in [6, 6.07) is 6.19. The second-order valence-corrected chi connectivity index (χ2v) is 6.50. The van der Waals surface area contributed by atoms with Crippen LogP contribution in [0.4, 0.5) is 9.18 Å². The van der Waals surface area contributed by atoms with Gasteiger partial charge in [-0.3, -0.25) is 4.79 Å².